The Morgan fingerprint density at radius 3 is 2.70 bits per heavy atom. The summed E-state index contributed by atoms with van der Waals surface area (Å²) >= 11 is 5.50. The lowest BCUT2D eigenvalue weighted by Crippen LogP contribution is -2.44. The van der Waals surface area contributed by atoms with Crippen LogP contribution in [-0.4, -0.2) is 32.2 Å². The number of amidine groups is 1. The van der Waals surface area contributed by atoms with E-state index in [1.807, 2.05) is 13.0 Å². The molecular formula is C11H12BrF3N2OS2. The minimum atomic E-state index is -4.62. The van der Waals surface area contributed by atoms with Crippen molar-refractivity contribution in [3.05, 3.63) is 11.0 Å². The van der Waals surface area contributed by atoms with Crippen LogP contribution in [0, 0.1) is 0 Å². The number of nitrogens with zero attached hydrogens (tertiary/aromatic N) is 1. The minimum absolute atomic E-state index is 0.0295. The van der Waals surface area contributed by atoms with Gasteiger partial charge in [0.25, 0.3) is 5.91 Å². The fourth-order valence-corrected chi connectivity index (χ4v) is 4.46. The molecule has 2 rings (SSSR count). The summed E-state index contributed by atoms with van der Waals surface area (Å²) in [6, 6.07) is -0.169. The molecule has 0 aromatic rings. The fraction of sp³-hybridized carbons (Fsp3) is 0.636. The van der Waals surface area contributed by atoms with Crippen LogP contribution in [0.4, 0.5) is 13.2 Å². The number of amides is 1. The monoisotopic (exact) mass is 388 g/mol. The van der Waals surface area contributed by atoms with Crippen LogP contribution >= 0.6 is 39.5 Å². The van der Waals surface area contributed by atoms with Gasteiger partial charge >= 0.3 is 6.18 Å². The molecule has 9 heteroatoms. The SMILES string of the molecule is C[C@H](NC1=NC(=O)C(C)(C(F)(F)F)S1)C1=CCC(Br)S1. The first kappa shape index (κ1) is 16.2. The van der Waals surface area contributed by atoms with E-state index in [1.165, 1.54) is 0 Å². The molecule has 2 heterocycles. The molecular weight excluding hydrogens is 377 g/mol. The molecule has 0 saturated carbocycles. The predicted molar refractivity (Wildman–Crippen MR) is 80.1 cm³/mol. The highest BCUT2D eigenvalue weighted by Crippen LogP contribution is 2.46. The molecule has 0 fully saturated rings. The molecule has 2 unspecified atom stereocenters. The maximum absolute atomic E-state index is 12.9. The van der Waals surface area contributed by atoms with Gasteiger partial charge in [-0.05, 0) is 20.3 Å². The summed E-state index contributed by atoms with van der Waals surface area (Å²) in [4.78, 5) is 16.0. The topological polar surface area (TPSA) is 41.5 Å². The summed E-state index contributed by atoms with van der Waals surface area (Å²) in [7, 11) is 0. The third-order valence-corrected chi connectivity index (χ3v) is 6.38. The second-order valence-electron chi connectivity index (χ2n) is 4.59. The maximum atomic E-state index is 12.9. The highest BCUT2D eigenvalue weighted by atomic mass is 79.9. The normalized spacial score (nSPS) is 32.1. The van der Waals surface area contributed by atoms with Crippen LogP contribution in [0.15, 0.2) is 16.0 Å². The number of allylic oxidation sites excluding steroid dienone is 1. The number of carbonyl (C=O) groups excluding carboxylic acids is 1. The van der Waals surface area contributed by atoms with Gasteiger partial charge in [0.15, 0.2) is 9.91 Å². The molecule has 3 nitrogen and oxygen atoms in total. The average molecular weight is 389 g/mol. The van der Waals surface area contributed by atoms with E-state index in [9.17, 15) is 18.0 Å². The second-order valence-corrected chi connectivity index (χ2v) is 8.99. The number of aliphatic imine (C=N–C) groups is 1. The van der Waals surface area contributed by atoms with Gasteiger partial charge in [0, 0.05) is 4.91 Å². The molecule has 112 valence electrons. The largest absolute Gasteiger partial charge is 0.412 e. The number of halogens is 4. The molecule has 0 radical (unpaired) electrons. The summed E-state index contributed by atoms with van der Waals surface area (Å²) in [6.45, 7) is 2.70. The third-order valence-electron chi connectivity index (χ3n) is 2.99. The van der Waals surface area contributed by atoms with E-state index in [-0.39, 0.29) is 11.2 Å². The van der Waals surface area contributed by atoms with Crippen molar-refractivity contribution in [2.75, 3.05) is 0 Å². The van der Waals surface area contributed by atoms with E-state index >= 15 is 0 Å². The predicted octanol–water partition coefficient (Wildman–Crippen LogP) is 3.66. The van der Waals surface area contributed by atoms with Crippen molar-refractivity contribution in [2.24, 2.45) is 4.99 Å². The van der Waals surface area contributed by atoms with Crippen LogP contribution < -0.4 is 5.32 Å². The van der Waals surface area contributed by atoms with Crippen molar-refractivity contribution in [1.29, 1.82) is 0 Å². The Balaban J connectivity index is 2.03. The standard InChI is InChI=1S/C11H12BrF3N2OS2/c1-5(6-3-4-7(12)19-6)16-9-17-8(18)10(2,20-9)11(13,14)15/h3,5,7H,4H2,1-2H3,(H,16,17,18)/t5-,7?,10?/m0/s1. The first-order valence-electron chi connectivity index (χ1n) is 5.79. The molecule has 0 aliphatic carbocycles. The van der Waals surface area contributed by atoms with Gasteiger partial charge in [-0.1, -0.05) is 33.8 Å². The summed E-state index contributed by atoms with van der Waals surface area (Å²) in [6.07, 6.45) is -1.73. The summed E-state index contributed by atoms with van der Waals surface area (Å²) in [5.41, 5.74) is 0. The van der Waals surface area contributed by atoms with Crippen LogP contribution in [0.3, 0.4) is 0 Å². The van der Waals surface area contributed by atoms with E-state index < -0.39 is 16.8 Å². The van der Waals surface area contributed by atoms with Gasteiger partial charge in [0.2, 0.25) is 0 Å². The van der Waals surface area contributed by atoms with E-state index in [1.54, 1.807) is 11.8 Å². The molecule has 2 aliphatic rings. The van der Waals surface area contributed by atoms with E-state index in [4.69, 9.17) is 0 Å². The molecule has 1 N–H and O–H groups in total. The van der Waals surface area contributed by atoms with Crippen LogP contribution in [-0.2, 0) is 4.79 Å². The van der Waals surface area contributed by atoms with Crippen molar-refractivity contribution in [1.82, 2.24) is 5.32 Å². The number of hydrogen-bond donors (Lipinski definition) is 1. The molecule has 1 amide bonds. The van der Waals surface area contributed by atoms with Crippen molar-refractivity contribution in [3.63, 3.8) is 0 Å². The first-order valence-corrected chi connectivity index (χ1v) is 8.41. The summed E-state index contributed by atoms with van der Waals surface area (Å²) in [5.74, 6) is -1.16. The van der Waals surface area contributed by atoms with Gasteiger partial charge in [-0.25, -0.2) is 0 Å². The van der Waals surface area contributed by atoms with Crippen LogP contribution in [0.2, 0.25) is 0 Å². The number of nitrogens with one attached hydrogen (secondary N) is 1. The first-order chi connectivity index (χ1) is 9.13. The molecule has 0 saturated heterocycles. The Kier molecular flexibility index (Phi) is 4.52. The fourth-order valence-electron chi connectivity index (χ4n) is 1.69. The molecule has 0 spiro atoms. The minimum Gasteiger partial charge on any atom is -0.357 e. The smallest absolute Gasteiger partial charge is 0.357 e. The average Bonchev–Trinajstić information content (AvgIpc) is 2.84. The van der Waals surface area contributed by atoms with Crippen LogP contribution in [0.1, 0.15) is 20.3 Å². The Morgan fingerprint density at radius 2 is 2.25 bits per heavy atom. The molecule has 0 aromatic carbocycles. The molecule has 2 aliphatic heterocycles. The van der Waals surface area contributed by atoms with Gasteiger partial charge in [-0.3, -0.25) is 4.79 Å². The summed E-state index contributed by atoms with van der Waals surface area (Å²) < 4.78 is 36.5. The highest BCUT2D eigenvalue weighted by molar-refractivity contribution is 9.11. The molecule has 3 atom stereocenters. The zero-order valence-corrected chi connectivity index (χ0v) is 13.8. The number of carbonyl (C=O) groups is 1. The van der Waals surface area contributed by atoms with Crippen LogP contribution in [0.25, 0.3) is 0 Å². The lowest BCUT2D eigenvalue weighted by molar-refractivity contribution is -0.165. The molecule has 0 aromatic heterocycles. The Bertz CT molecular complexity index is 495. The number of alkyl halides is 4. The number of rotatable bonds is 2. The van der Waals surface area contributed by atoms with E-state index in [2.05, 4.69) is 26.2 Å². The Morgan fingerprint density at radius 1 is 1.60 bits per heavy atom. The van der Waals surface area contributed by atoms with Gasteiger partial charge < -0.3 is 5.32 Å². The zero-order chi connectivity index (χ0) is 15.1. The van der Waals surface area contributed by atoms with Crippen molar-refractivity contribution < 1.29 is 18.0 Å². The van der Waals surface area contributed by atoms with Crippen molar-refractivity contribution in [2.45, 2.75) is 41.4 Å². The van der Waals surface area contributed by atoms with Gasteiger partial charge in [0.05, 0.1) is 10.2 Å². The van der Waals surface area contributed by atoms with E-state index in [0.717, 1.165) is 18.2 Å². The van der Waals surface area contributed by atoms with Gasteiger partial charge in [-0.15, -0.1) is 11.8 Å². The zero-order valence-electron chi connectivity index (χ0n) is 10.6. The summed E-state index contributed by atoms with van der Waals surface area (Å²) in [5, 5.41) is 2.91. The van der Waals surface area contributed by atoms with Crippen LogP contribution in [0.5, 0.6) is 0 Å². The lowest BCUT2D eigenvalue weighted by atomic mass is 10.1. The maximum Gasteiger partial charge on any atom is 0.412 e. The Hall–Kier alpha value is -0.150. The molecule has 0 bridgehead atoms. The number of hydrogen-bond acceptors (Lipinski definition) is 4. The Labute approximate surface area is 131 Å². The lowest BCUT2D eigenvalue weighted by Gasteiger charge is -2.23. The van der Waals surface area contributed by atoms with Gasteiger partial charge in [-0.2, -0.15) is 18.2 Å². The molecule has 20 heavy (non-hydrogen) atoms. The third kappa shape index (κ3) is 3.04. The highest BCUT2D eigenvalue weighted by Gasteiger charge is 2.61. The van der Waals surface area contributed by atoms with E-state index in [0.29, 0.717) is 15.9 Å². The number of thioether (sulfide) groups is 2. The second kappa shape index (κ2) is 5.57. The van der Waals surface area contributed by atoms with Crippen molar-refractivity contribution in [3.8, 4) is 0 Å². The van der Waals surface area contributed by atoms with Gasteiger partial charge in [0.1, 0.15) is 0 Å². The quantitative estimate of drug-likeness (QED) is 0.732. The van der Waals surface area contributed by atoms with Crippen molar-refractivity contribution >= 4 is 50.5 Å².